The summed E-state index contributed by atoms with van der Waals surface area (Å²) in [6.45, 7) is 0.985. The maximum absolute atomic E-state index is 12.7. The van der Waals surface area contributed by atoms with Crippen LogP contribution in [0.15, 0.2) is 47.2 Å². The van der Waals surface area contributed by atoms with Gasteiger partial charge in [0.25, 0.3) is 5.91 Å². The molecular weight excluding hydrogens is 372 g/mol. The number of carbonyl (C=O) groups excluding carboxylic acids is 2. The van der Waals surface area contributed by atoms with Crippen molar-refractivity contribution in [3.8, 4) is 5.75 Å². The molecule has 1 aromatic heterocycles. The lowest BCUT2D eigenvalue weighted by Gasteiger charge is -2.34. The number of amides is 1. The SMILES string of the molecule is O=C1CC2(CCN(C(=O)c3cncc(Br)c3)C2)Oc2ccccc21. The molecule has 1 fully saturated rings. The Hall–Kier alpha value is -2.21. The van der Waals surface area contributed by atoms with Gasteiger partial charge in [-0.3, -0.25) is 14.6 Å². The molecule has 6 heteroatoms. The fourth-order valence-corrected chi connectivity index (χ4v) is 3.77. The van der Waals surface area contributed by atoms with E-state index in [9.17, 15) is 9.59 Å². The summed E-state index contributed by atoms with van der Waals surface area (Å²) in [5.74, 6) is 0.609. The minimum Gasteiger partial charge on any atom is -0.484 e. The molecule has 122 valence electrons. The first kappa shape index (κ1) is 15.3. The zero-order valence-corrected chi connectivity index (χ0v) is 14.5. The summed E-state index contributed by atoms with van der Waals surface area (Å²) in [6, 6.07) is 9.05. The zero-order chi connectivity index (χ0) is 16.7. The number of benzene rings is 1. The Labute approximate surface area is 147 Å². The Balaban J connectivity index is 1.57. The first-order valence-corrected chi connectivity index (χ1v) is 8.57. The molecule has 2 aromatic rings. The van der Waals surface area contributed by atoms with E-state index < -0.39 is 5.60 Å². The quantitative estimate of drug-likeness (QED) is 0.755. The van der Waals surface area contributed by atoms with Crippen LogP contribution in [0.4, 0.5) is 0 Å². The van der Waals surface area contributed by atoms with Gasteiger partial charge in [0, 0.05) is 29.8 Å². The van der Waals surface area contributed by atoms with Gasteiger partial charge in [0.1, 0.15) is 11.4 Å². The van der Waals surface area contributed by atoms with Crippen LogP contribution in [-0.2, 0) is 0 Å². The monoisotopic (exact) mass is 386 g/mol. The van der Waals surface area contributed by atoms with Gasteiger partial charge < -0.3 is 9.64 Å². The number of hydrogen-bond donors (Lipinski definition) is 0. The van der Waals surface area contributed by atoms with Crippen LogP contribution in [0.5, 0.6) is 5.75 Å². The zero-order valence-electron chi connectivity index (χ0n) is 12.9. The number of aromatic nitrogens is 1. The van der Waals surface area contributed by atoms with Crippen molar-refractivity contribution in [1.29, 1.82) is 0 Å². The summed E-state index contributed by atoms with van der Waals surface area (Å²) in [6.07, 6.45) is 4.16. The van der Waals surface area contributed by atoms with E-state index in [0.717, 1.165) is 4.47 Å². The predicted molar refractivity (Wildman–Crippen MR) is 91.2 cm³/mol. The van der Waals surface area contributed by atoms with E-state index in [1.807, 2.05) is 18.2 Å². The molecule has 1 saturated heterocycles. The van der Waals surface area contributed by atoms with E-state index in [4.69, 9.17) is 4.74 Å². The van der Waals surface area contributed by atoms with Crippen LogP contribution in [0, 0.1) is 0 Å². The summed E-state index contributed by atoms with van der Waals surface area (Å²) >= 11 is 3.33. The molecule has 0 saturated carbocycles. The third kappa shape index (κ3) is 2.60. The number of likely N-dealkylation sites (tertiary alicyclic amines) is 1. The molecule has 1 atom stereocenters. The van der Waals surface area contributed by atoms with Crippen molar-refractivity contribution in [2.45, 2.75) is 18.4 Å². The van der Waals surface area contributed by atoms with Gasteiger partial charge in [0.2, 0.25) is 0 Å². The minimum absolute atomic E-state index is 0.0790. The Morgan fingerprint density at radius 2 is 2.12 bits per heavy atom. The number of ketones is 1. The Morgan fingerprint density at radius 1 is 1.29 bits per heavy atom. The van der Waals surface area contributed by atoms with Gasteiger partial charge in [-0.1, -0.05) is 12.1 Å². The highest BCUT2D eigenvalue weighted by Crippen LogP contribution is 2.38. The molecule has 0 aliphatic carbocycles. The maximum Gasteiger partial charge on any atom is 0.255 e. The number of para-hydroxylation sites is 1. The molecular formula is C18H15BrN2O3. The minimum atomic E-state index is -0.611. The highest BCUT2D eigenvalue weighted by atomic mass is 79.9. The number of ether oxygens (including phenoxy) is 1. The number of pyridine rings is 1. The molecule has 0 bridgehead atoms. The molecule has 1 aromatic carbocycles. The third-order valence-corrected chi connectivity index (χ3v) is 4.99. The van der Waals surface area contributed by atoms with Gasteiger partial charge in [-0.25, -0.2) is 0 Å². The second kappa shape index (κ2) is 5.70. The number of carbonyl (C=O) groups is 2. The molecule has 1 spiro atoms. The molecule has 5 nitrogen and oxygen atoms in total. The lowest BCUT2D eigenvalue weighted by molar-refractivity contribution is 0.0428. The molecule has 0 radical (unpaired) electrons. The molecule has 1 amide bonds. The van der Waals surface area contributed by atoms with Crippen LogP contribution in [0.25, 0.3) is 0 Å². The van der Waals surface area contributed by atoms with E-state index in [0.29, 0.717) is 42.8 Å². The van der Waals surface area contributed by atoms with E-state index in [-0.39, 0.29) is 11.7 Å². The second-order valence-electron chi connectivity index (χ2n) is 6.25. The number of Topliss-reactive ketones (excluding diaryl/α,β-unsaturated/α-hetero) is 1. The maximum atomic E-state index is 12.7. The van der Waals surface area contributed by atoms with Crippen LogP contribution in [0.2, 0.25) is 0 Å². The molecule has 2 aliphatic rings. The van der Waals surface area contributed by atoms with Crippen LogP contribution in [0.1, 0.15) is 33.6 Å². The highest BCUT2D eigenvalue weighted by Gasteiger charge is 2.47. The highest BCUT2D eigenvalue weighted by molar-refractivity contribution is 9.10. The Kier molecular flexibility index (Phi) is 3.64. The van der Waals surface area contributed by atoms with E-state index in [1.54, 1.807) is 29.4 Å². The third-order valence-electron chi connectivity index (χ3n) is 4.55. The van der Waals surface area contributed by atoms with E-state index in [1.165, 1.54) is 0 Å². The van der Waals surface area contributed by atoms with Gasteiger partial charge in [-0.15, -0.1) is 0 Å². The molecule has 0 N–H and O–H groups in total. The van der Waals surface area contributed by atoms with Crippen molar-refractivity contribution in [1.82, 2.24) is 9.88 Å². The van der Waals surface area contributed by atoms with Gasteiger partial charge in [0.05, 0.1) is 24.1 Å². The fourth-order valence-electron chi connectivity index (χ4n) is 3.40. The first-order chi connectivity index (χ1) is 11.6. The summed E-state index contributed by atoms with van der Waals surface area (Å²) < 4.78 is 6.92. The average molecular weight is 387 g/mol. The number of hydrogen-bond acceptors (Lipinski definition) is 4. The van der Waals surface area contributed by atoms with Gasteiger partial charge in [0.15, 0.2) is 5.78 Å². The topological polar surface area (TPSA) is 59.5 Å². The average Bonchev–Trinajstić information content (AvgIpc) is 2.97. The number of rotatable bonds is 1. The second-order valence-corrected chi connectivity index (χ2v) is 7.17. The fraction of sp³-hybridized carbons (Fsp3) is 0.278. The normalized spacial score (nSPS) is 22.4. The number of fused-ring (bicyclic) bond motifs is 1. The van der Waals surface area contributed by atoms with Crippen molar-refractivity contribution >= 4 is 27.6 Å². The lowest BCUT2D eigenvalue weighted by Crippen LogP contribution is -2.45. The number of halogens is 1. The Bertz CT molecular complexity index is 839. The van der Waals surface area contributed by atoms with Crippen molar-refractivity contribution in [2.75, 3.05) is 13.1 Å². The van der Waals surface area contributed by atoms with Crippen molar-refractivity contribution < 1.29 is 14.3 Å². The van der Waals surface area contributed by atoms with Crippen LogP contribution >= 0.6 is 15.9 Å². The standard InChI is InChI=1S/C18H15BrN2O3/c19-13-7-12(9-20-10-13)17(23)21-6-5-18(11-21)8-15(22)14-3-1-2-4-16(14)24-18/h1-4,7,9-10H,5-6,8,11H2. The summed E-state index contributed by atoms with van der Waals surface area (Å²) in [7, 11) is 0. The molecule has 2 aliphatic heterocycles. The van der Waals surface area contributed by atoms with Gasteiger partial charge >= 0.3 is 0 Å². The molecule has 3 heterocycles. The van der Waals surface area contributed by atoms with E-state index >= 15 is 0 Å². The van der Waals surface area contributed by atoms with E-state index in [2.05, 4.69) is 20.9 Å². The Morgan fingerprint density at radius 3 is 2.96 bits per heavy atom. The lowest BCUT2D eigenvalue weighted by atomic mass is 9.89. The molecule has 4 rings (SSSR count). The largest absolute Gasteiger partial charge is 0.484 e. The van der Waals surface area contributed by atoms with Gasteiger partial charge in [-0.05, 0) is 34.1 Å². The molecule has 1 unspecified atom stereocenters. The summed E-state index contributed by atoms with van der Waals surface area (Å²) in [5.41, 5.74) is 0.550. The summed E-state index contributed by atoms with van der Waals surface area (Å²) in [4.78, 5) is 30.9. The van der Waals surface area contributed by atoms with Crippen LogP contribution < -0.4 is 4.74 Å². The van der Waals surface area contributed by atoms with Crippen LogP contribution in [-0.4, -0.2) is 40.3 Å². The first-order valence-electron chi connectivity index (χ1n) is 7.77. The van der Waals surface area contributed by atoms with Crippen molar-refractivity contribution in [3.05, 3.63) is 58.3 Å². The molecule has 24 heavy (non-hydrogen) atoms. The summed E-state index contributed by atoms with van der Waals surface area (Å²) in [5, 5.41) is 0. The number of nitrogens with zero attached hydrogens (tertiary/aromatic N) is 2. The smallest absolute Gasteiger partial charge is 0.255 e. The van der Waals surface area contributed by atoms with Crippen LogP contribution in [0.3, 0.4) is 0 Å². The van der Waals surface area contributed by atoms with Crippen molar-refractivity contribution in [3.63, 3.8) is 0 Å². The van der Waals surface area contributed by atoms with Gasteiger partial charge in [-0.2, -0.15) is 0 Å². The van der Waals surface area contributed by atoms with Crippen molar-refractivity contribution in [2.24, 2.45) is 0 Å². The predicted octanol–water partition coefficient (Wildman–Crippen LogP) is 3.09.